The third kappa shape index (κ3) is 4.00. The van der Waals surface area contributed by atoms with Crippen LogP contribution < -0.4 is 15.4 Å². The molecule has 2 aliphatic rings. The van der Waals surface area contributed by atoms with Gasteiger partial charge in [0.25, 0.3) is 0 Å². The Bertz CT molecular complexity index is 630. The van der Waals surface area contributed by atoms with Crippen molar-refractivity contribution >= 4 is 11.6 Å². The largest absolute Gasteiger partial charge is 0.488 e. The third-order valence-corrected chi connectivity index (χ3v) is 4.95. The Balaban J connectivity index is 1.56. The Morgan fingerprint density at radius 1 is 1.29 bits per heavy atom. The first-order chi connectivity index (χ1) is 11.6. The van der Waals surface area contributed by atoms with Crippen LogP contribution in [0.1, 0.15) is 45.4 Å². The van der Waals surface area contributed by atoms with Gasteiger partial charge in [-0.3, -0.25) is 4.79 Å². The molecule has 0 aromatic heterocycles. The van der Waals surface area contributed by atoms with Gasteiger partial charge in [0.1, 0.15) is 11.3 Å². The SMILES string of the molecule is C[C@@](C#N)(NC(=O)CNc1ccccc1OC1CCCC1)C1CC1. The predicted octanol–water partition coefficient (Wildman–Crippen LogP) is 3.23. The standard InChI is InChI=1S/C19H25N3O2/c1-19(13-20,14-10-11-14)22-18(23)12-21-16-8-4-5-9-17(16)24-15-6-2-3-7-15/h4-5,8-9,14-15,21H,2-3,6-7,10-12H2,1H3,(H,22,23)/t19-/m0/s1. The van der Waals surface area contributed by atoms with E-state index in [-0.39, 0.29) is 24.5 Å². The highest BCUT2D eigenvalue weighted by Gasteiger charge is 2.42. The van der Waals surface area contributed by atoms with E-state index < -0.39 is 5.54 Å². The summed E-state index contributed by atoms with van der Waals surface area (Å²) in [5.41, 5.74) is 0.0724. The van der Waals surface area contributed by atoms with Gasteiger partial charge in [-0.15, -0.1) is 0 Å². The van der Waals surface area contributed by atoms with Crippen LogP contribution in [-0.2, 0) is 4.79 Å². The van der Waals surface area contributed by atoms with Crippen molar-refractivity contribution in [1.29, 1.82) is 5.26 Å². The molecule has 2 aliphatic carbocycles. The summed E-state index contributed by atoms with van der Waals surface area (Å²) in [5.74, 6) is 0.911. The first-order valence-electron chi connectivity index (χ1n) is 8.82. The molecule has 5 heteroatoms. The van der Waals surface area contributed by atoms with Gasteiger partial charge in [-0.05, 0) is 63.5 Å². The van der Waals surface area contributed by atoms with Crippen molar-refractivity contribution < 1.29 is 9.53 Å². The van der Waals surface area contributed by atoms with Gasteiger partial charge in [-0.2, -0.15) is 5.26 Å². The zero-order valence-electron chi connectivity index (χ0n) is 14.2. The molecule has 1 amide bonds. The van der Waals surface area contributed by atoms with E-state index in [0.29, 0.717) is 0 Å². The lowest BCUT2D eigenvalue weighted by molar-refractivity contribution is -0.120. The number of hydrogen-bond donors (Lipinski definition) is 2. The number of carbonyl (C=O) groups is 1. The lowest BCUT2D eigenvalue weighted by Crippen LogP contribution is -2.48. The van der Waals surface area contributed by atoms with E-state index in [1.165, 1.54) is 12.8 Å². The molecule has 5 nitrogen and oxygen atoms in total. The molecule has 1 atom stereocenters. The smallest absolute Gasteiger partial charge is 0.240 e. The van der Waals surface area contributed by atoms with Crippen molar-refractivity contribution in [2.24, 2.45) is 5.92 Å². The molecular weight excluding hydrogens is 302 g/mol. The number of hydrogen-bond acceptors (Lipinski definition) is 4. The average molecular weight is 327 g/mol. The van der Waals surface area contributed by atoms with Crippen LogP contribution in [0.3, 0.4) is 0 Å². The van der Waals surface area contributed by atoms with Crippen LogP contribution in [0.25, 0.3) is 0 Å². The zero-order valence-corrected chi connectivity index (χ0v) is 14.2. The lowest BCUT2D eigenvalue weighted by Gasteiger charge is -2.23. The van der Waals surface area contributed by atoms with Crippen LogP contribution in [0.4, 0.5) is 5.69 Å². The molecule has 1 aromatic rings. The lowest BCUT2D eigenvalue weighted by atomic mass is 9.98. The van der Waals surface area contributed by atoms with Crippen molar-refractivity contribution in [2.75, 3.05) is 11.9 Å². The molecule has 0 unspecified atom stereocenters. The number of anilines is 1. The number of rotatable bonds is 7. The Kier molecular flexibility index (Phi) is 4.94. The minimum atomic E-state index is -0.751. The number of para-hydroxylation sites is 2. The van der Waals surface area contributed by atoms with E-state index in [4.69, 9.17) is 4.74 Å². The molecule has 2 saturated carbocycles. The van der Waals surface area contributed by atoms with E-state index >= 15 is 0 Å². The van der Waals surface area contributed by atoms with Gasteiger partial charge in [-0.25, -0.2) is 0 Å². The van der Waals surface area contributed by atoms with Gasteiger partial charge in [-0.1, -0.05) is 12.1 Å². The number of ether oxygens (including phenoxy) is 1. The maximum absolute atomic E-state index is 12.2. The summed E-state index contributed by atoms with van der Waals surface area (Å²) in [6.45, 7) is 1.94. The molecule has 0 radical (unpaired) electrons. The van der Waals surface area contributed by atoms with Gasteiger partial charge in [0, 0.05) is 0 Å². The Hall–Kier alpha value is -2.22. The molecule has 2 N–H and O–H groups in total. The molecule has 1 aromatic carbocycles. The number of amides is 1. The third-order valence-electron chi connectivity index (χ3n) is 4.95. The summed E-state index contributed by atoms with van der Waals surface area (Å²) < 4.78 is 6.06. The zero-order chi connectivity index (χ0) is 17.0. The van der Waals surface area contributed by atoms with E-state index in [0.717, 1.165) is 37.1 Å². The quantitative estimate of drug-likeness (QED) is 0.806. The summed E-state index contributed by atoms with van der Waals surface area (Å²) in [6.07, 6.45) is 6.92. The fourth-order valence-electron chi connectivity index (χ4n) is 3.29. The van der Waals surface area contributed by atoms with Crippen molar-refractivity contribution in [3.05, 3.63) is 24.3 Å². The molecule has 3 rings (SSSR count). The maximum atomic E-state index is 12.2. The van der Waals surface area contributed by atoms with Crippen molar-refractivity contribution in [2.45, 2.75) is 57.1 Å². The summed E-state index contributed by atoms with van der Waals surface area (Å²) in [4.78, 5) is 12.2. The Labute approximate surface area is 143 Å². The summed E-state index contributed by atoms with van der Waals surface area (Å²) >= 11 is 0. The summed E-state index contributed by atoms with van der Waals surface area (Å²) in [5, 5.41) is 15.3. The fourth-order valence-corrected chi connectivity index (χ4v) is 3.29. The number of nitrogens with one attached hydrogen (secondary N) is 2. The van der Waals surface area contributed by atoms with Crippen molar-refractivity contribution in [1.82, 2.24) is 5.32 Å². The highest BCUT2D eigenvalue weighted by Crippen LogP contribution is 2.39. The minimum absolute atomic E-state index is 0.134. The minimum Gasteiger partial charge on any atom is -0.488 e. The van der Waals surface area contributed by atoms with Crippen LogP contribution in [0.2, 0.25) is 0 Å². The predicted molar refractivity (Wildman–Crippen MR) is 92.7 cm³/mol. The van der Waals surface area contributed by atoms with Gasteiger partial charge in [0.05, 0.1) is 24.4 Å². The highest BCUT2D eigenvalue weighted by molar-refractivity contribution is 5.82. The highest BCUT2D eigenvalue weighted by atomic mass is 16.5. The Morgan fingerprint density at radius 2 is 2.00 bits per heavy atom. The molecule has 0 aliphatic heterocycles. The topological polar surface area (TPSA) is 74.2 Å². The molecule has 128 valence electrons. The fraction of sp³-hybridized carbons (Fsp3) is 0.579. The van der Waals surface area contributed by atoms with Crippen LogP contribution in [-0.4, -0.2) is 24.1 Å². The van der Waals surface area contributed by atoms with Gasteiger partial charge < -0.3 is 15.4 Å². The van der Waals surface area contributed by atoms with Crippen molar-refractivity contribution in [3.63, 3.8) is 0 Å². The molecule has 0 bridgehead atoms. The molecule has 24 heavy (non-hydrogen) atoms. The monoisotopic (exact) mass is 327 g/mol. The first-order valence-corrected chi connectivity index (χ1v) is 8.82. The van der Waals surface area contributed by atoms with Crippen LogP contribution in [0.5, 0.6) is 5.75 Å². The van der Waals surface area contributed by atoms with E-state index in [2.05, 4.69) is 16.7 Å². The summed E-state index contributed by atoms with van der Waals surface area (Å²) in [7, 11) is 0. The van der Waals surface area contributed by atoms with Crippen molar-refractivity contribution in [3.8, 4) is 11.8 Å². The van der Waals surface area contributed by atoms with Crippen LogP contribution in [0.15, 0.2) is 24.3 Å². The first kappa shape index (κ1) is 16.6. The molecule has 0 spiro atoms. The second-order valence-corrected chi connectivity index (χ2v) is 7.01. The van der Waals surface area contributed by atoms with E-state index in [1.807, 2.05) is 24.3 Å². The molecule has 0 heterocycles. The summed E-state index contributed by atoms with van der Waals surface area (Å²) in [6, 6.07) is 9.96. The number of nitrogens with zero attached hydrogens (tertiary/aromatic N) is 1. The van der Waals surface area contributed by atoms with Gasteiger partial charge in [0.2, 0.25) is 5.91 Å². The molecule has 2 fully saturated rings. The second kappa shape index (κ2) is 7.12. The number of carbonyl (C=O) groups excluding carboxylic acids is 1. The van der Waals surface area contributed by atoms with Crippen LogP contribution >= 0.6 is 0 Å². The molecular formula is C19H25N3O2. The molecule has 0 saturated heterocycles. The second-order valence-electron chi connectivity index (χ2n) is 7.01. The van der Waals surface area contributed by atoms with E-state index in [1.54, 1.807) is 6.92 Å². The van der Waals surface area contributed by atoms with Gasteiger partial charge >= 0.3 is 0 Å². The normalized spacial score (nSPS) is 20.0. The number of benzene rings is 1. The maximum Gasteiger partial charge on any atom is 0.240 e. The van der Waals surface area contributed by atoms with Crippen LogP contribution in [0, 0.1) is 17.2 Å². The number of nitriles is 1. The Morgan fingerprint density at radius 3 is 2.67 bits per heavy atom. The average Bonchev–Trinajstić information content (AvgIpc) is 3.33. The van der Waals surface area contributed by atoms with E-state index in [9.17, 15) is 10.1 Å². The van der Waals surface area contributed by atoms with Gasteiger partial charge in [0.15, 0.2) is 0 Å².